The number of halogens is 3. The van der Waals surface area contributed by atoms with Crippen molar-refractivity contribution in [3.63, 3.8) is 0 Å². The second kappa shape index (κ2) is 16.6. The van der Waals surface area contributed by atoms with Gasteiger partial charge in [0.2, 0.25) is 0 Å². The maximum atomic E-state index is 15.0. The first-order valence-electron chi connectivity index (χ1n) is 16.6. The summed E-state index contributed by atoms with van der Waals surface area (Å²) in [5.41, 5.74) is 1.17. The fourth-order valence-electron chi connectivity index (χ4n) is 7.02. The Bertz CT molecular complexity index is 1350. The molecule has 4 bridgehead atoms. The van der Waals surface area contributed by atoms with Gasteiger partial charge in [0, 0.05) is 25.3 Å². The number of quaternary nitrogens is 1. The van der Waals surface area contributed by atoms with Gasteiger partial charge in [0.25, 0.3) is 0 Å². The summed E-state index contributed by atoms with van der Waals surface area (Å²) in [6.07, 6.45) is 0.311. The van der Waals surface area contributed by atoms with Gasteiger partial charge >= 0.3 is 18.3 Å². The van der Waals surface area contributed by atoms with Crippen LogP contribution in [0.4, 0.5) is 23.2 Å². The third-order valence-electron chi connectivity index (χ3n) is 9.20. The number of nitrogens with two attached hydrogens (primary N) is 1. The Morgan fingerprint density at radius 1 is 0.792 bits per heavy atom. The Balaban J connectivity index is 0.000000221. The van der Waals surface area contributed by atoms with E-state index in [0.29, 0.717) is 31.7 Å². The first kappa shape index (κ1) is 37.2. The highest BCUT2D eigenvalue weighted by Gasteiger charge is 2.51. The first-order chi connectivity index (χ1) is 22.5. The second-order valence-electron chi connectivity index (χ2n) is 13.9. The third-order valence-corrected chi connectivity index (χ3v) is 9.20. The summed E-state index contributed by atoms with van der Waals surface area (Å²) in [6, 6.07) is 17.5. The van der Waals surface area contributed by atoms with Gasteiger partial charge in [-0.2, -0.15) is 0 Å². The van der Waals surface area contributed by atoms with Gasteiger partial charge < -0.3 is 42.6 Å². The molecule has 4 aliphatic rings. The van der Waals surface area contributed by atoms with Crippen LogP contribution in [0.2, 0.25) is 0 Å². The van der Waals surface area contributed by atoms with Gasteiger partial charge in [-0.05, 0) is 51.2 Å². The highest BCUT2D eigenvalue weighted by Crippen LogP contribution is 2.38. The predicted molar refractivity (Wildman–Crippen MR) is 170 cm³/mol. The maximum absolute atomic E-state index is 15.0. The van der Waals surface area contributed by atoms with Crippen LogP contribution in [0, 0.1) is 0 Å². The van der Waals surface area contributed by atoms with Gasteiger partial charge in [-0.1, -0.05) is 60.7 Å². The number of nitrogens with zero attached hydrogens (tertiary/aromatic N) is 1. The number of amides is 3. The molecule has 4 N–H and O–H groups in total. The van der Waals surface area contributed by atoms with Gasteiger partial charge in [-0.3, -0.25) is 4.90 Å². The van der Waals surface area contributed by atoms with Crippen LogP contribution in [0.25, 0.3) is 0 Å². The molecular formula is C35H47ClF2N4O6. The number of ether oxygens (including phenoxy) is 3. The van der Waals surface area contributed by atoms with E-state index in [1.165, 1.54) is 4.90 Å². The lowest BCUT2D eigenvalue weighted by Gasteiger charge is -2.41. The van der Waals surface area contributed by atoms with E-state index in [9.17, 15) is 23.2 Å². The number of hydrogen-bond donors (Lipinski definition) is 3. The number of piperidine rings is 2. The van der Waals surface area contributed by atoms with Crippen LogP contribution in [0.3, 0.4) is 0 Å². The van der Waals surface area contributed by atoms with E-state index in [1.54, 1.807) is 20.8 Å². The lowest BCUT2D eigenvalue weighted by atomic mass is 9.96. The summed E-state index contributed by atoms with van der Waals surface area (Å²) in [4.78, 5) is 37.8. The normalized spacial score (nSPS) is 28.6. The van der Waals surface area contributed by atoms with Crippen molar-refractivity contribution in [2.45, 2.75) is 127 Å². The molecule has 10 nitrogen and oxygen atoms in total. The van der Waals surface area contributed by atoms with E-state index in [0.717, 1.165) is 24.0 Å². The smallest absolute Gasteiger partial charge is 0.410 e. The minimum Gasteiger partial charge on any atom is -1.00 e. The van der Waals surface area contributed by atoms with Crippen LogP contribution in [0.15, 0.2) is 60.7 Å². The molecule has 0 spiro atoms. The number of nitrogens with one attached hydrogen (secondary N) is 2. The van der Waals surface area contributed by atoms with Gasteiger partial charge in [-0.25, -0.2) is 23.2 Å². The lowest BCUT2D eigenvalue weighted by Crippen LogP contribution is -3.00. The Labute approximate surface area is 287 Å². The molecule has 0 aliphatic carbocycles. The number of hydrogen-bond acceptors (Lipinski definition) is 6. The topological polar surface area (TPSA) is 123 Å². The van der Waals surface area contributed by atoms with Crippen LogP contribution >= 0.6 is 0 Å². The zero-order valence-corrected chi connectivity index (χ0v) is 28.4. The van der Waals surface area contributed by atoms with Gasteiger partial charge in [-0.15, -0.1) is 0 Å². The number of rotatable bonds is 6. The summed E-state index contributed by atoms with van der Waals surface area (Å²) in [6.45, 7) is 5.72. The average Bonchev–Trinajstić information content (AvgIpc) is 3.62. The number of carbonyl (C=O) groups excluding carboxylic acids is 3. The summed E-state index contributed by atoms with van der Waals surface area (Å²) >= 11 is 0. The Morgan fingerprint density at radius 2 is 1.33 bits per heavy atom. The highest BCUT2D eigenvalue weighted by molar-refractivity contribution is 5.71. The van der Waals surface area contributed by atoms with Crippen molar-refractivity contribution in [1.82, 2.24) is 15.5 Å². The Kier molecular flexibility index (Phi) is 12.9. The molecule has 48 heavy (non-hydrogen) atoms. The number of fused-ring (bicyclic) bond motifs is 4. The first-order valence-corrected chi connectivity index (χ1v) is 16.6. The van der Waals surface area contributed by atoms with Crippen molar-refractivity contribution >= 4 is 18.3 Å². The van der Waals surface area contributed by atoms with Crippen molar-refractivity contribution in [2.75, 3.05) is 0 Å². The standard InChI is InChI=1S/C20H27FN2O4.C15H19FN2O2.ClH/c1-20(2,3)27-19(25)23-14-9-10-16(23)17(21)15(11-14)22-18(24)26-12-13-7-5-4-6-8-13;16-14-12-7-6-11(17-12)8-13(14)18-15(19)20-9-10-4-2-1-3-5-10;/h4-8,14-17H,9-12H2,1-3H3,(H,22,24);1-5,11-14,17H,6-9H2,(H,18,19);1H/t14-,15-,16+,17-;11-,12+,13-,14+;/m11./s1. The predicted octanol–water partition coefficient (Wildman–Crippen LogP) is 1.91. The van der Waals surface area contributed by atoms with Crippen molar-refractivity contribution < 1.29 is 55.1 Å². The monoisotopic (exact) mass is 692 g/mol. The second-order valence-corrected chi connectivity index (χ2v) is 13.9. The molecule has 4 heterocycles. The van der Waals surface area contributed by atoms with Crippen LogP contribution in [-0.2, 0) is 27.4 Å². The van der Waals surface area contributed by atoms with Crippen molar-refractivity contribution in [3.05, 3.63) is 71.8 Å². The summed E-state index contributed by atoms with van der Waals surface area (Å²) in [5.74, 6) is 0. The fraction of sp³-hybridized carbons (Fsp3) is 0.571. The molecule has 0 unspecified atom stereocenters. The van der Waals surface area contributed by atoms with E-state index < -0.39 is 54.3 Å². The molecule has 4 fully saturated rings. The molecule has 2 aromatic carbocycles. The number of benzene rings is 2. The summed E-state index contributed by atoms with van der Waals surface area (Å²) in [7, 11) is 0. The molecule has 3 amide bonds. The van der Waals surface area contributed by atoms with E-state index in [2.05, 4.69) is 16.0 Å². The van der Waals surface area contributed by atoms with E-state index in [-0.39, 0.29) is 37.7 Å². The Hall–Kier alpha value is -3.64. The van der Waals surface area contributed by atoms with Crippen LogP contribution in [0.1, 0.15) is 70.4 Å². The fourth-order valence-corrected chi connectivity index (χ4v) is 7.02. The zero-order chi connectivity index (χ0) is 33.6. The van der Waals surface area contributed by atoms with E-state index >= 15 is 0 Å². The average molecular weight is 693 g/mol. The zero-order valence-electron chi connectivity index (χ0n) is 27.7. The van der Waals surface area contributed by atoms with E-state index in [1.807, 2.05) is 60.7 Å². The number of carbonyl (C=O) groups is 3. The van der Waals surface area contributed by atoms with Crippen molar-refractivity contribution in [3.8, 4) is 0 Å². The minimum atomic E-state index is -1.35. The molecule has 0 radical (unpaired) electrons. The lowest BCUT2D eigenvalue weighted by molar-refractivity contribution is -0.715. The number of alkyl carbamates (subject to hydrolysis) is 2. The van der Waals surface area contributed by atoms with Gasteiger partial charge in [0.1, 0.15) is 31.0 Å². The largest absolute Gasteiger partial charge is 1.00 e. The molecule has 4 saturated heterocycles. The maximum Gasteiger partial charge on any atom is 0.410 e. The van der Waals surface area contributed by atoms with Gasteiger partial charge in [0.05, 0.1) is 24.2 Å². The summed E-state index contributed by atoms with van der Waals surface area (Å²) in [5, 5.41) is 7.43. The molecule has 4 aliphatic heterocycles. The number of alkyl halides is 2. The van der Waals surface area contributed by atoms with Gasteiger partial charge in [0.15, 0.2) is 6.17 Å². The SMILES string of the molecule is CC(C)(C)OC(=O)N1[C@@H]2CC[C@H]1[C@H](F)[C@H](NC(=O)OCc1ccccc1)C2.O=C(N[C@@H]1C[C@H]2CC[C@H]([NH2+]2)[C@@H]1F)OCc1ccccc1.[Cl-]. The molecule has 0 aromatic heterocycles. The molecule has 264 valence electrons. The van der Waals surface area contributed by atoms with Crippen LogP contribution in [-0.4, -0.2) is 77.4 Å². The molecule has 13 heteroatoms. The molecule has 8 atom stereocenters. The molecular weight excluding hydrogens is 646 g/mol. The third kappa shape index (κ3) is 9.95. The van der Waals surface area contributed by atoms with Crippen molar-refractivity contribution in [2.24, 2.45) is 0 Å². The summed E-state index contributed by atoms with van der Waals surface area (Å²) < 4.78 is 44.9. The van der Waals surface area contributed by atoms with Crippen LogP contribution in [0.5, 0.6) is 0 Å². The molecule has 2 aromatic rings. The highest BCUT2D eigenvalue weighted by atomic mass is 35.5. The molecule has 6 rings (SSSR count). The van der Waals surface area contributed by atoms with Crippen molar-refractivity contribution in [1.29, 1.82) is 0 Å². The quantitative estimate of drug-likeness (QED) is 0.398. The molecule has 0 saturated carbocycles. The minimum absolute atomic E-state index is 0. The van der Waals surface area contributed by atoms with Crippen LogP contribution < -0.4 is 28.4 Å². The Morgan fingerprint density at radius 3 is 1.88 bits per heavy atom. The van der Waals surface area contributed by atoms with E-state index in [4.69, 9.17) is 14.2 Å².